The van der Waals surface area contributed by atoms with Crippen molar-refractivity contribution >= 4 is 24.3 Å². The Morgan fingerprint density at radius 2 is 1.77 bits per heavy atom. The third-order valence-electron chi connectivity index (χ3n) is 9.52. The molecule has 216 valence electrons. The highest BCUT2D eigenvalue weighted by molar-refractivity contribution is 6.63. The monoisotopic (exact) mass is 549 g/mol. The Bertz CT molecular complexity index is 1310. The fourth-order valence-electron chi connectivity index (χ4n) is 6.76. The molecule has 2 fully saturated rings. The summed E-state index contributed by atoms with van der Waals surface area (Å²) in [6.45, 7) is 18.8. The Morgan fingerprint density at radius 1 is 1.05 bits per heavy atom. The average Bonchev–Trinajstić information content (AvgIpc) is 3.43. The molecule has 40 heavy (non-hydrogen) atoms. The molecular formula is C31H44BN3O5. The number of rotatable bonds is 5. The lowest BCUT2D eigenvalue weighted by Crippen LogP contribution is -2.47. The van der Waals surface area contributed by atoms with Gasteiger partial charge in [-0.2, -0.15) is 0 Å². The number of fused-ring (bicyclic) bond motifs is 3. The molecule has 1 amide bonds. The summed E-state index contributed by atoms with van der Waals surface area (Å²) in [7, 11) is -0.619. The van der Waals surface area contributed by atoms with Crippen LogP contribution in [0.5, 0.6) is 0 Å². The number of nitrogens with zero attached hydrogens (tertiary/aromatic N) is 3. The molecule has 1 aliphatic carbocycles. The summed E-state index contributed by atoms with van der Waals surface area (Å²) in [6.07, 6.45) is 6.38. The number of anilines is 1. The molecule has 0 N–H and O–H groups in total. The molecule has 5 heterocycles. The SMILES string of the molecule is CC1(C)Cc2cc3n(c2C1)CCN(c1nccc(B2OC(C)(C)C(C)(C)O2)c1C(C)(C)OC1CCCCO1)C3=O. The van der Waals surface area contributed by atoms with Crippen molar-refractivity contribution in [3.05, 3.63) is 40.8 Å². The van der Waals surface area contributed by atoms with E-state index in [1.807, 2.05) is 24.8 Å². The lowest BCUT2D eigenvalue weighted by atomic mass is 9.72. The molecule has 0 bridgehead atoms. The zero-order chi connectivity index (χ0) is 28.7. The molecule has 0 saturated carbocycles. The van der Waals surface area contributed by atoms with E-state index in [4.69, 9.17) is 23.8 Å². The van der Waals surface area contributed by atoms with Gasteiger partial charge in [-0.1, -0.05) is 13.8 Å². The maximum absolute atomic E-state index is 14.1. The summed E-state index contributed by atoms with van der Waals surface area (Å²) in [4.78, 5) is 20.8. The van der Waals surface area contributed by atoms with E-state index in [1.54, 1.807) is 6.20 Å². The lowest BCUT2D eigenvalue weighted by Gasteiger charge is -2.38. The van der Waals surface area contributed by atoms with Crippen LogP contribution in [-0.2, 0) is 43.8 Å². The molecule has 1 atom stereocenters. The molecule has 4 aliphatic rings. The van der Waals surface area contributed by atoms with E-state index in [2.05, 4.69) is 52.2 Å². The minimum Gasteiger partial charge on any atom is -0.399 e. The summed E-state index contributed by atoms with van der Waals surface area (Å²) in [5.41, 5.74) is 3.40. The minimum absolute atomic E-state index is 0.0250. The van der Waals surface area contributed by atoms with Crippen LogP contribution in [0.25, 0.3) is 0 Å². The highest BCUT2D eigenvalue weighted by Gasteiger charge is 2.54. The van der Waals surface area contributed by atoms with Gasteiger partial charge in [-0.25, -0.2) is 4.98 Å². The van der Waals surface area contributed by atoms with Crippen LogP contribution in [0.3, 0.4) is 0 Å². The first kappa shape index (κ1) is 27.9. The summed E-state index contributed by atoms with van der Waals surface area (Å²) in [5.74, 6) is 0.578. The fourth-order valence-corrected chi connectivity index (χ4v) is 6.76. The van der Waals surface area contributed by atoms with Crippen LogP contribution in [0.4, 0.5) is 5.82 Å². The van der Waals surface area contributed by atoms with Crippen LogP contribution < -0.4 is 10.4 Å². The Hall–Kier alpha value is -2.20. The number of amides is 1. The molecule has 8 nitrogen and oxygen atoms in total. The normalized spacial score (nSPS) is 25.3. The number of pyridine rings is 1. The second-order valence-corrected chi connectivity index (χ2v) is 14.2. The van der Waals surface area contributed by atoms with Crippen LogP contribution in [0.1, 0.15) is 102 Å². The number of aromatic nitrogens is 2. The van der Waals surface area contributed by atoms with Gasteiger partial charge in [-0.15, -0.1) is 0 Å². The van der Waals surface area contributed by atoms with Crippen LogP contribution in [0, 0.1) is 5.41 Å². The number of carbonyl (C=O) groups excluding carboxylic acids is 1. The Kier molecular flexibility index (Phi) is 6.58. The van der Waals surface area contributed by atoms with Gasteiger partial charge in [-0.05, 0) is 102 Å². The second kappa shape index (κ2) is 9.41. The summed E-state index contributed by atoms with van der Waals surface area (Å²) in [5, 5.41) is 0. The standard InChI is InChI=1S/C31H44BN3O5/c1-28(2)18-20-17-22-27(36)35(15-14-34(22)23(20)19-28)26-25(29(3,4)38-24-11-9-10-16-37-24)21(12-13-33-26)32-39-30(5,6)31(7,8)40-32/h12-13,17,24H,9-11,14-16,18-19H2,1-8H3. The van der Waals surface area contributed by atoms with Gasteiger partial charge < -0.3 is 23.3 Å². The first-order valence-corrected chi connectivity index (χ1v) is 14.9. The molecule has 0 radical (unpaired) electrons. The molecule has 0 aromatic carbocycles. The van der Waals surface area contributed by atoms with Gasteiger partial charge in [0.25, 0.3) is 5.91 Å². The minimum atomic E-state index is -0.823. The largest absolute Gasteiger partial charge is 0.495 e. The van der Waals surface area contributed by atoms with Crippen molar-refractivity contribution < 1.29 is 23.6 Å². The van der Waals surface area contributed by atoms with Crippen molar-refractivity contribution in [2.75, 3.05) is 18.1 Å². The average molecular weight is 550 g/mol. The summed E-state index contributed by atoms with van der Waals surface area (Å²) >= 11 is 0. The van der Waals surface area contributed by atoms with Crippen molar-refractivity contribution in [3.8, 4) is 0 Å². The maximum atomic E-state index is 14.1. The van der Waals surface area contributed by atoms with E-state index in [0.717, 1.165) is 55.4 Å². The van der Waals surface area contributed by atoms with Gasteiger partial charge >= 0.3 is 7.12 Å². The molecule has 0 spiro atoms. The number of ether oxygens (including phenoxy) is 2. The molecule has 6 rings (SSSR count). The maximum Gasteiger partial charge on any atom is 0.495 e. The van der Waals surface area contributed by atoms with E-state index in [1.165, 1.54) is 11.3 Å². The van der Waals surface area contributed by atoms with Crippen molar-refractivity contribution in [3.63, 3.8) is 0 Å². The molecule has 3 aliphatic heterocycles. The highest BCUT2D eigenvalue weighted by Crippen LogP contribution is 2.42. The number of hydrogen-bond acceptors (Lipinski definition) is 6. The zero-order valence-corrected chi connectivity index (χ0v) is 25.4. The molecule has 2 aromatic heterocycles. The topological polar surface area (TPSA) is 75.1 Å². The molecule has 2 aromatic rings. The lowest BCUT2D eigenvalue weighted by molar-refractivity contribution is -0.218. The van der Waals surface area contributed by atoms with E-state index in [9.17, 15) is 4.79 Å². The Labute approximate surface area is 238 Å². The Morgan fingerprint density at radius 3 is 2.45 bits per heavy atom. The van der Waals surface area contributed by atoms with E-state index < -0.39 is 23.9 Å². The van der Waals surface area contributed by atoms with Crippen molar-refractivity contribution in [1.29, 1.82) is 0 Å². The van der Waals surface area contributed by atoms with Gasteiger partial charge in [0, 0.05) is 37.2 Å². The van der Waals surface area contributed by atoms with Gasteiger partial charge in [0.1, 0.15) is 11.5 Å². The van der Waals surface area contributed by atoms with Gasteiger partial charge in [0.05, 0.1) is 16.8 Å². The quantitative estimate of drug-likeness (QED) is 0.502. The second-order valence-electron chi connectivity index (χ2n) is 14.2. The molecule has 9 heteroatoms. The smallest absolute Gasteiger partial charge is 0.399 e. The van der Waals surface area contributed by atoms with Crippen LogP contribution in [0.2, 0.25) is 0 Å². The van der Waals surface area contributed by atoms with Crippen LogP contribution in [0.15, 0.2) is 18.3 Å². The third-order valence-corrected chi connectivity index (χ3v) is 9.52. The van der Waals surface area contributed by atoms with Crippen molar-refractivity contribution in [2.45, 2.75) is 117 Å². The molecule has 1 unspecified atom stereocenters. The molecule has 2 saturated heterocycles. The van der Waals surface area contributed by atoms with Gasteiger partial charge in [-0.3, -0.25) is 9.69 Å². The number of carbonyl (C=O) groups is 1. The van der Waals surface area contributed by atoms with E-state index in [-0.39, 0.29) is 17.6 Å². The first-order valence-electron chi connectivity index (χ1n) is 14.9. The Balaban J connectivity index is 1.42. The van der Waals surface area contributed by atoms with Gasteiger partial charge in [0.15, 0.2) is 6.29 Å². The van der Waals surface area contributed by atoms with Crippen LogP contribution >= 0.6 is 0 Å². The van der Waals surface area contributed by atoms with Crippen LogP contribution in [-0.4, -0.2) is 53.2 Å². The van der Waals surface area contributed by atoms with Gasteiger partial charge in [0.2, 0.25) is 0 Å². The van der Waals surface area contributed by atoms with Crippen molar-refractivity contribution in [1.82, 2.24) is 9.55 Å². The third kappa shape index (κ3) is 4.63. The van der Waals surface area contributed by atoms with Crippen molar-refractivity contribution in [2.24, 2.45) is 5.41 Å². The predicted molar refractivity (Wildman–Crippen MR) is 155 cm³/mol. The zero-order valence-electron chi connectivity index (χ0n) is 25.4. The summed E-state index contributed by atoms with van der Waals surface area (Å²) < 4.78 is 27.9. The molecular weight excluding hydrogens is 505 g/mol. The number of hydrogen-bond donors (Lipinski definition) is 0. The highest BCUT2D eigenvalue weighted by atomic mass is 16.7. The van der Waals surface area contributed by atoms with E-state index in [0.29, 0.717) is 19.0 Å². The first-order chi connectivity index (χ1) is 18.7. The predicted octanol–water partition coefficient (Wildman–Crippen LogP) is 4.75. The fraction of sp³-hybridized carbons (Fsp3) is 0.677. The van der Waals surface area contributed by atoms with E-state index >= 15 is 0 Å². The summed E-state index contributed by atoms with van der Waals surface area (Å²) in [6, 6.07) is 4.05.